The number of hydrogen-bond acceptors (Lipinski definition) is 9. The van der Waals surface area contributed by atoms with Crippen molar-refractivity contribution in [1.29, 1.82) is 0 Å². The van der Waals surface area contributed by atoms with Gasteiger partial charge in [0.15, 0.2) is 12.1 Å². The van der Waals surface area contributed by atoms with E-state index in [1.807, 2.05) is 11.0 Å². The number of halogens is 1. The summed E-state index contributed by atoms with van der Waals surface area (Å²) in [5, 5.41) is 23.0. The number of aliphatic imine (C=N–C) groups is 1. The van der Waals surface area contributed by atoms with E-state index < -0.39 is 6.17 Å². The van der Waals surface area contributed by atoms with Gasteiger partial charge in [-0.15, -0.1) is 0 Å². The van der Waals surface area contributed by atoms with Gasteiger partial charge in [0.25, 0.3) is 0 Å². The van der Waals surface area contributed by atoms with Gasteiger partial charge in [0.05, 0.1) is 65.9 Å². The van der Waals surface area contributed by atoms with E-state index in [0.29, 0.717) is 70.7 Å². The summed E-state index contributed by atoms with van der Waals surface area (Å²) in [5.74, 6) is 2.31. The van der Waals surface area contributed by atoms with Crippen LogP contribution in [0.4, 0.5) is 4.39 Å². The molecule has 5 N–H and O–H groups in total. The SMILES string of the molecule is COC1=CCC(CCC2NC(=NCC3CCCCC3)NC(NCC3CCCN3C(=O)CCOCCOCCOCCO)N2)CC1F. The number of hydrogen-bond donors (Lipinski definition) is 5. The van der Waals surface area contributed by atoms with Gasteiger partial charge in [-0.1, -0.05) is 19.3 Å². The number of carbonyl (C=O) groups is 1. The highest BCUT2D eigenvalue weighted by atomic mass is 19.1. The van der Waals surface area contributed by atoms with E-state index in [1.54, 1.807) is 0 Å². The molecule has 2 aliphatic heterocycles. The summed E-state index contributed by atoms with van der Waals surface area (Å²) in [6.07, 6.45) is 12.5. The van der Waals surface area contributed by atoms with E-state index in [0.717, 1.165) is 51.2 Å². The lowest BCUT2D eigenvalue weighted by atomic mass is 9.88. The second-order valence-corrected chi connectivity index (χ2v) is 12.9. The Labute approximate surface area is 274 Å². The minimum absolute atomic E-state index is 0.00484. The fourth-order valence-corrected chi connectivity index (χ4v) is 6.88. The Hall–Kier alpha value is -2.03. The Morgan fingerprint density at radius 2 is 1.76 bits per heavy atom. The molecule has 46 heavy (non-hydrogen) atoms. The number of aliphatic hydroxyl groups is 1. The Morgan fingerprint density at radius 1 is 1.00 bits per heavy atom. The summed E-state index contributed by atoms with van der Waals surface area (Å²) in [6, 6.07) is 0.125. The molecular formula is C33H59FN6O6. The number of nitrogens with one attached hydrogen (secondary N) is 4. The molecule has 0 aromatic heterocycles. The highest BCUT2D eigenvalue weighted by Gasteiger charge is 2.31. The lowest BCUT2D eigenvalue weighted by molar-refractivity contribution is -0.133. The van der Waals surface area contributed by atoms with Crippen LogP contribution in [-0.2, 0) is 23.7 Å². The van der Waals surface area contributed by atoms with Crippen molar-refractivity contribution in [2.45, 2.75) is 102 Å². The predicted molar refractivity (Wildman–Crippen MR) is 175 cm³/mol. The lowest BCUT2D eigenvalue weighted by Gasteiger charge is -2.37. The van der Waals surface area contributed by atoms with Crippen LogP contribution in [0, 0.1) is 11.8 Å². The number of likely N-dealkylation sites (tertiary alicyclic amines) is 1. The van der Waals surface area contributed by atoms with Crippen molar-refractivity contribution in [2.24, 2.45) is 16.8 Å². The summed E-state index contributed by atoms with van der Waals surface area (Å²) in [7, 11) is 1.54. The number of allylic oxidation sites excluding steroid dienone is 2. The number of rotatable bonds is 20. The summed E-state index contributed by atoms with van der Waals surface area (Å²) in [4.78, 5) is 20.0. The quantitative estimate of drug-likeness (QED) is 0.125. The van der Waals surface area contributed by atoms with Gasteiger partial charge in [0, 0.05) is 25.7 Å². The zero-order valence-corrected chi connectivity index (χ0v) is 27.9. The van der Waals surface area contributed by atoms with Crippen molar-refractivity contribution in [3.63, 3.8) is 0 Å². The Bertz CT molecular complexity index is 938. The molecule has 13 heteroatoms. The van der Waals surface area contributed by atoms with E-state index in [9.17, 15) is 9.18 Å². The molecule has 3 fully saturated rings. The van der Waals surface area contributed by atoms with E-state index in [2.05, 4.69) is 21.3 Å². The van der Waals surface area contributed by atoms with Gasteiger partial charge < -0.3 is 39.6 Å². The maximum Gasteiger partial charge on any atom is 0.225 e. The van der Waals surface area contributed by atoms with Crippen molar-refractivity contribution in [3.05, 3.63) is 11.8 Å². The summed E-state index contributed by atoms with van der Waals surface area (Å²) < 4.78 is 35.8. The fraction of sp³-hybridized carbons (Fsp3) is 0.879. The average molecular weight is 655 g/mol. The number of amides is 1. The Kier molecular flexibility index (Phi) is 16.8. The average Bonchev–Trinajstić information content (AvgIpc) is 3.56. The van der Waals surface area contributed by atoms with Crippen molar-refractivity contribution in [2.75, 3.05) is 73.0 Å². The van der Waals surface area contributed by atoms with Gasteiger partial charge in [-0.05, 0) is 69.3 Å². The first kappa shape index (κ1) is 36.8. The van der Waals surface area contributed by atoms with Gasteiger partial charge in [-0.3, -0.25) is 20.4 Å². The molecule has 2 aliphatic carbocycles. The highest BCUT2D eigenvalue weighted by Crippen LogP contribution is 2.30. The van der Waals surface area contributed by atoms with Gasteiger partial charge in [-0.25, -0.2) is 4.39 Å². The van der Waals surface area contributed by atoms with Gasteiger partial charge in [0.2, 0.25) is 5.91 Å². The lowest BCUT2D eigenvalue weighted by Crippen LogP contribution is -2.70. The third-order valence-corrected chi connectivity index (χ3v) is 9.49. The largest absolute Gasteiger partial charge is 0.498 e. The standard InChI is InChI=1S/C33H59FN6O6/c1-43-29-11-9-25(22-28(29)34)10-12-30-37-32(35-23-26-6-3-2-4-7-26)39-33(38-30)36-24-27-8-5-14-40(27)31(42)13-16-44-18-20-46-21-19-45-17-15-41/h11,25-28,30,33,36,38,41H,2-10,12-24H2,1H3,(H2,35,37,39). The number of aliphatic hydroxyl groups excluding tert-OH is 1. The maximum absolute atomic E-state index is 14.5. The molecular weight excluding hydrogens is 595 g/mol. The van der Waals surface area contributed by atoms with E-state index in [1.165, 1.54) is 39.2 Å². The molecule has 1 saturated carbocycles. The molecule has 0 aromatic carbocycles. The van der Waals surface area contributed by atoms with E-state index in [4.69, 9.17) is 29.0 Å². The number of alkyl halides is 1. The molecule has 1 amide bonds. The number of carbonyl (C=O) groups excluding carboxylic acids is 1. The summed E-state index contributed by atoms with van der Waals surface area (Å²) in [5.41, 5.74) is 0. The van der Waals surface area contributed by atoms with Crippen LogP contribution in [0.15, 0.2) is 16.8 Å². The van der Waals surface area contributed by atoms with Crippen LogP contribution in [0.3, 0.4) is 0 Å². The molecule has 0 aromatic rings. The molecule has 5 unspecified atom stereocenters. The molecule has 264 valence electrons. The topological polar surface area (TPSA) is 138 Å². The molecule has 4 rings (SSSR count). The van der Waals surface area contributed by atoms with Crippen LogP contribution >= 0.6 is 0 Å². The molecule has 2 saturated heterocycles. The summed E-state index contributed by atoms with van der Waals surface area (Å²) in [6.45, 7) is 4.71. The van der Waals surface area contributed by atoms with Crippen LogP contribution in [-0.4, -0.2) is 120 Å². The maximum atomic E-state index is 14.5. The van der Waals surface area contributed by atoms with Gasteiger partial charge in [0.1, 0.15) is 12.0 Å². The molecule has 0 radical (unpaired) electrons. The first-order valence-electron chi connectivity index (χ1n) is 17.6. The minimum atomic E-state index is -1.02. The molecule has 2 heterocycles. The monoisotopic (exact) mass is 654 g/mol. The fourth-order valence-electron chi connectivity index (χ4n) is 6.88. The molecule has 5 atom stereocenters. The Morgan fingerprint density at radius 3 is 2.50 bits per heavy atom. The molecule has 0 spiro atoms. The van der Waals surface area contributed by atoms with Crippen LogP contribution in [0.2, 0.25) is 0 Å². The van der Waals surface area contributed by atoms with Gasteiger partial charge in [-0.2, -0.15) is 0 Å². The van der Waals surface area contributed by atoms with Crippen molar-refractivity contribution < 1.29 is 33.2 Å². The third kappa shape index (κ3) is 12.9. The van der Waals surface area contributed by atoms with Crippen LogP contribution in [0.25, 0.3) is 0 Å². The second kappa shape index (κ2) is 21.0. The summed E-state index contributed by atoms with van der Waals surface area (Å²) >= 11 is 0. The number of methoxy groups -OCH3 is 1. The number of guanidine groups is 1. The van der Waals surface area contributed by atoms with Crippen molar-refractivity contribution in [1.82, 2.24) is 26.2 Å². The van der Waals surface area contributed by atoms with E-state index >= 15 is 0 Å². The smallest absolute Gasteiger partial charge is 0.225 e. The minimum Gasteiger partial charge on any atom is -0.498 e. The zero-order chi connectivity index (χ0) is 32.4. The number of ether oxygens (including phenoxy) is 4. The van der Waals surface area contributed by atoms with Crippen molar-refractivity contribution >= 4 is 11.9 Å². The van der Waals surface area contributed by atoms with Gasteiger partial charge >= 0.3 is 0 Å². The van der Waals surface area contributed by atoms with E-state index in [-0.39, 0.29) is 36.9 Å². The van der Waals surface area contributed by atoms with Crippen LogP contribution in [0.1, 0.15) is 77.0 Å². The van der Waals surface area contributed by atoms with Crippen molar-refractivity contribution in [3.8, 4) is 0 Å². The first-order valence-corrected chi connectivity index (χ1v) is 17.6. The zero-order valence-electron chi connectivity index (χ0n) is 27.9. The van der Waals surface area contributed by atoms with Crippen LogP contribution < -0.4 is 21.3 Å². The number of nitrogens with zero attached hydrogens (tertiary/aromatic N) is 2. The molecule has 4 aliphatic rings. The second-order valence-electron chi connectivity index (χ2n) is 12.9. The highest BCUT2D eigenvalue weighted by molar-refractivity contribution is 5.81. The first-order chi connectivity index (χ1) is 22.6. The molecule has 0 bridgehead atoms. The normalized spacial score (nSPS) is 28.2. The van der Waals surface area contributed by atoms with Crippen LogP contribution in [0.5, 0.6) is 0 Å². The third-order valence-electron chi connectivity index (χ3n) is 9.49. The molecule has 12 nitrogen and oxygen atoms in total. The predicted octanol–water partition coefficient (Wildman–Crippen LogP) is 2.39. The Balaban J connectivity index is 1.21.